The maximum Gasteiger partial charge on any atom is 0.278 e. The van der Waals surface area contributed by atoms with Crippen molar-refractivity contribution >= 4 is 39.4 Å². The fourth-order valence-corrected chi connectivity index (χ4v) is 3.05. The van der Waals surface area contributed by atoms with Crippen molar-refractivity contribution in [3.05, 3.63) is 58.1 Å². The summed E-state index contributed by atoms with van der Waals surface area (Å²) in [6.07, 6.45) is 1.19. The van der Waals surface area contributed by atoms with Gasteiger partial charge in [0.05, 0.1) is 11.2 Å². The van der Waals surface area contributed by atoms with Crippen molar-refractivity contribution in [2.24, 2.45) is 5.10 Å². The maximum absolute atomic E-state index is 12.0. The second-order valence-corrected chi connectivity index (χ2v) is 6.46. The third-order valence-corrected chi connectivity index (χ3v) is 4.44. The van der Waals surface area contributed by atoms with Crippen molar-refractivity contribution in [1.29, 1.82) is 0 Å². The monoisotopic (exact) mass is 344 g/mol. The second-order valence-electron chi connectivity index (χ2n) is 3.99. The Labute approximate surface area is 131 Å². The Bertz CT molecular complexity index is 792. The summed E-state index contributed by atoms with van der Waals surface area (Å²) in [6, 6.07) is 10.5. The number of para-hydroxylation sites is 1. The van der Waals surface area contributed by atoms with Gasteiger partial charge in [0.25, 0.3) is 10.0 Å². The molecule has 0 unspecified atom stereocenters. The number of benzene rings is 2. The number of hydrogen-bond donors (Lipinski definition) is 2. The average molecular weight is 345 g/mol. The van der Waals surface area contributed by atoms with E-state index in [4.69, 9.17) is 23.2 Å². The number of rotatable bonds is 4. The molecule has 0 fully saturated rings. The molecule has 0 aromatic heterocycles. The lowest BCUT2D eigenvalue weighted by atomic mass is 10.2. The molecule has 0 spiro atoms. The largest absolute Gasteiger partial charge is 0.507 e. The SMILES string of the molecule is O=S(=O)(NN=Cc1ccccc1O)c1cc(Cl)ccc1Cl. The molecule has 0 atom stereocenters. The third kappa shape index (κ3) is 3.87. The highest BCUT2D eigenvalue weighted by Gasteiger charge is 2.17. The molecule has 0 aliphatic rings. The molecule has 110 valence electrons. The minimum Gasteiger partial charge on any atom is -0.507 e. The van der Waals surface area contributed by atoms with Gasteiger partial charge in [0, 0.05) is 10.6 Å². The van der Waals surface area contributed by atoms with E-state index in [0.717, 1.165) is 0 Å². The average Bonchev–Trinajstić information content (AvgIpc) is 2.43. The van der Waals surface area contributed by atoms with Crippen LogP contribution in [0.4, 0.5) is 0 Å². The van der Waals surface area contributed by atoms with Gasteiger partial charge in [-0.1, -0.05) is 35.3 Å². The zero-order valence-electron chi connectivity index (χ0n) is 10.5. The van der Waals surface area contributed by atoms with E-state index in [9.17, 15) is 13.5 Å². The molecule has 0 heterocycles. The van der Waals surface area contributed by atoms with E-state index in [1.54, 1.807) is 18.2 Å². The zero-order chi connectivity index (χ0) is 15.5. The van der Waals surface area contributed by atoms with E-state index < -0.39 is 10.0 Å². The molecule has 2 aromatic rings. The molecular weight excluding hydrogens is 335 g/mol. The minimum absolute atomic E-state index is 0.0127. The molecule has 0 aliphatic carbocycles. The van der Waals surface area contributed by atoms with Crippen LogP contribution in [0.25, 0.3) is 0 Å². The lowest BCUT2D eigenvalue weighted by molar-refractivity contribution is 0.474. The van der Waals surface area contributed by atoms with E-state index in [0.29, 0.717) is 5.56 Å². The van der Waals surface area contributed by atoms with Gasteiger partial charge in [0.15, 0.2) is 0 Å². The molecule has 0 saturated carbocycles. The first kappa shape index (κ1) is 15.6. The van der Waals surface area contributed by atoms with Gasteiger partial charge in [-0.2, -0.15) is 13.5 Å². The summed E-state index contributed by atoms with van der Waals surface area (Å²) in [5.74, 6) is -0.0127. The molecule has 0 aliphatic heterocycles. The Morgan fingerprint density at radius 3 is 2.57 bits per heavy atom. The van der Waals surface area contributed by atoms with Crippen LogP contribution in [0.2, 0.25) is 10.0 Å². The zero-order valence-corrected chi connectivity index (χ0v) is 12.8. The van der Waals surface area contributed by atoms with Crippen LogP contribution >= 0.6 is 23.2 Å². The first-order valence-corrected chi connectivity index (χ1v) is 7.92. The highest BCUT2D eigenvalue weighted by atomic mass is 35.5. The Hall–Kier alpha value is -1.76. The van der Waals surface area contributed by atoms with Crippen LogP contribution in [0.1, 0.15) is 5.56 Å². The summed E-state index contributed by atoms with van der Waals surface area (Å²) in [6.45, 7) is 0. The quantitative estimate of drug-likeness (QED) is 0.660. The molecule has 0 amide bonds. The highest BCUT2D eigenvalue weighted by molar-refractivity contribution is 7.89. The summed E-state index contributed by atoms with van der Waals surface area (Å²) in [5, 5.41) is 13.4. The van der Waals surface area contributed by atoms with E-state index in [1.807, 2.05) is 4.83 Å². The smallest absolute Gasteiger partial charge is 0.278 e. The lowest BCUT2D eigenvalue weighted by Gasteiger charge is -2.06. The lowest BCUT2D eigenvalue weighted by Crippen LogP contribution is -2.18. The number of phenolic OH excluding ortho intramolecular Hbond substituents is 1. The van der Waals surface area contributed by atoms with Crippen molar-refractivity contribution < 1.29 is 13.5 Å². The summed E-state index contributed by atoms with van der Waals surface area (Å²) in [4.78, 5) is 1.83. The van der Waals surface area contributed by atoms with Gasteiger partial charge in [-0.05, 0) is 30.3 Å². The van der Waals surface area contributed by atoms with Crippen molar-refractivity contribution in [2.75, 3.05) is 0 Å². The van der Waals surface area contributed by atoms with E-state index in [-0.39, 0.29) is 20.7 Å². The predicted octanol–water partition coefficient (Wildman–Crippen LogP) is 3.01. The molecule has 5 nitrogen and oxygen atoms in total. The molecule has 8 heteroatoms. The van der Waals surface area contributed by atoms with Gasteiger partial charge in [0.1, 0.15) is 10.6 Å². The van der Waals surface area contributed by atoms with Crippen molar-refractivity contribution in [2.45, 2.75) is 4.90 Å². The highest BCUT2D eigenvalue weighted by Crippen LogP contribution is 2.24. The first-order chi connectivity index (χ1) is 9.90. The molecule has 21 heavy (non-hydrogen) atoms. The van der Waals surface area contributed by atoms with Crippen LogP contribution in [-0.2, 0) is 10.0 Å². The number of nitrogens with zero attached hydrogens (tertiary/aromatic N) is 1. The van der Waals surface area contributed by atoms with Gasteiger partial charge < -0.3 is 5.11 Å². The first-order valence-electron chi connectivity index (χ1n) is 5.68. The predicted molar refractivity (Wildman–Crippen MR) is 82.5 cm³/mol. The number of sulfonamides is 1. The van der Waals surface area contributed by atoms with Crippen molar-refractivity contribution in [3.8, 4) is 5.75 Å². The van der Waals surface area contributed by atoms with E-state index in [1.165, 1.54) is 30.5 Å². The van der Waals surface area contributed by atoms with Crippen LogP contribution in [0.5, 0.6) is 5.75 Å². The fourth-order valence-electron chi connectivity index (χ4n) is 1.49. The summed E-state index contributed by atoms with van der Waals surface area (Å²) in [5.41, 5.74) is 0.373. The van der Waals surface area contributed by atoms with Crippen LogP contribution in [0, 0.1) is 0 Å². The molecule has 0 radical (unpaired) electrons. The van der Waals surface area contributed by atoms with Crippen molar-refractivity contribution in [3.63, 3.8) is 0 Å². The maximum atomic E-state index is 12.0. The Morgan fingerprint density at radius 2 is 1.86 bits per heavy atom. The van der Waals surface area contributed by atoms with Gasteiger partial charge in [0.2, 0.25) is 0 Å². The van der Waals surface area contributed by atoms with Crippen molar-refractivity contribution in [1.82, 2.24) is 4.83 Å². The number of nitrogens with one attached hydrogen (secondary N) is 1. The van der Waals surface area contributed by atoms with Gasteiger partial charge in [-0.15, -0.1) is 0 Å². The normalized spacial score (nSPS) is 11.7. The summed E-state index contributed by atoms with van der Waals surface area (Å²) >= 11 is 11.6. The Morgan fingerprint density at radius 1 is 1.14 bits per heavy atom. The fraction of sp³-hybridized carbons (Fsp3) is 0. The van der Waals surface area contributed by atoms with Gasteiger partial charge in [-0.3, -0.25) is 0 Å². The minimum atomic E-state index is -3.94. The molecule has 0 saturated heterocycles. The standard InChI is InChI=1S/C13H10Cl2N2O3S/c14-10-5-6-11(15)13(7-10)21(19,20)17-16-8-9-3-1-2-4-12(9)18/h1-8,17-18H. The van der Waals surface area contributed by atoms with Crippen LogP contribution < -0.4 is 4.83 Å². The van der Waals surface area contributed by atoms with Crippen LogP contribution in [0.3, 0.4) is 0 Å². The van der Waals surface area contributed by atoms with E-state index >= 15 is 0 Å². The number of hydrazone groups is 1. The molecule has 2 aromatic carbocycles. The number of aromatic hydroxyl groups is 1. The second kappa shape index (κ2) is 6.34. The number of halogens is 2. The number of hydrogen-bond acceptors (Lipinski definition) is 4. The van der Waals surface area contributed by atoms with E-state index in [2.05, 4.69) is 5.10 Å². The molecular formula is C13H10Cl2N2O3S. The topological polar surface area (TPSA) is 78.8 Å². The summed E-state index contributed by atoms with van der Waals surface area (Å²) < 4.78 is 24.1. The van der Waals surface area contributed by atoms with Gasteiger partial charge in [-0.25, -0.2) is 4.83 Å². The number of phenols is 1. The molecule has 0 bridgehead atoms. The van der Waals surface area contributed by atoms with Crippen LogP contribution in [0.15, 0.2) is 52.5 Å². The molecule has 2 rings (SSSR count). The Kier molecular flexibility index (Phi) is 4.72. The van der Waals surface area contributed by atoms with Gasteiger partial charge >= 0.3 is 0 Å². The Balaban J connectivity index is 2.23. The summed E-state index contributed by atoms with van der Waals surface area (Å²) in [7, 11) is -3.94. The molecule has 2 N–H and O–H groups in total. The van der Waals surface area contributed by atoms with Crippen LogP contribution in [-0.4, -0.2) is 19.7 Å². The third-order valence-electron chi connectivity index (χ3n) is 2.50.